The Morgan fingerprint density at radius 3 is 2.90 bits per heavy atom. The zero-order chi connectivity index (χ0) is 22.0. The molecule has 0 N–H and O–H groups in total. The molecule has 1 atom stereocenters. The van der Waals surface area contributed by atoms with Crippen molar-refractivity contribution in [3.63, 3.8) is 0 Å². The largest absolute Gasteiger partial charge is 0.493 e. The Kier molecular flexibility index (Phi) is 6.28. The van der Waals surface area contributed by atoms with Gasteiger partial charge in [-0.25, -0.2) is 13.8 Å². The second-order valence-corrected chi connectivity index (χ2v) is 8.09. The first-order valence-corrected chi connectivity index (χ1v) is 10.7. The van der Waals surface area contributed by atoms with E-state index in [4.69, 9.17) is 9.47 Å². The Morgan fingerprint density at radius 2 is 2.16 bits per heavy atom. The number of carbonyl (C=O) groups is 1. The number of rotatable bonds is 6. The van der Waals surface area contributed by atoms with Crippen molar-refractivity contribution in [3.8, 4) is 5.75 Å². The Balaban J connectivity index is 1.38. The fourth-order valence-corrected chi connectivity index (χ4v) is 4.19. The van der Waals surface area contributed by atoms with Gasteiger partial charge in [-0.1, -0.05) is 0 Å². The van der Waals surface area contributed by atoms with Gasteiger partial charge in [-0.3, -0.25) is 9.48 Å². The van der Waals surface area contributed by atoms with Gasteiger partial charge < -0.3 is 14.4 Å². The first-order valence-electron chi connectivity index (χ1n) is 9.84. The molecule has 3 heterocycles. The molecule has 0 aliphatic carbocycles. The summed E-state index contributed by atoms with van der Waals surface area (Å²) in [4.78, 5) is 19.4. The van der Waals surface area contributed by atoms with Crippen LogP contribution in [-0.2, 0) is 18.2 Å². The summed E-state index contributed by atoms with van der Waals surface area (Å²) in [7, 11) is 1.82. The quantitative estimate of drug-likeness (QED) is 0.579. The minimum atomic E-state index is -0.942. The molecule has 7 nitrogen and oxygen atoms in total. The molecule has 2 aromatic heterocycles. The maximum atomic E-state index is 13.3. The lowest BCUT2D eigenvalue weighted by Crippen LogP contribution is -2.42. The van der Waals surface area contributed by atoms with Crippen LogP contribution < -0.4 is 4.74 Å². The SMILES string of the molecule is Cc1ncsc1C(=O)N1CCO[C@H](c2cc(CCOc3ccc(F)c(F)c3)n(C)n2)C1. The van der Waals surface area contributed by atoms with Crippen LogP contribution >= 0.6 is 11.3 Å². The average molecular weight is 448 g/mol. The predicted octanol–water partition coefficient (Wildman–Crippen LogP) is 3.30. The molecule has 0 saturated carbocycles. The van der Waals surface area contributed by atoms with Gasteiger partial charge >= 0.3 is 0 Å². The van der Waals surface area contributed by atoms with Crippen LogP contribution in [0.25, 0.3) is 0 Å². The van der Waals surface area contributed by atoms with Crippen molar-refractivity contribution in [2.24, 2.45) is 7.05 Å². The molecule has 1 fully saturated rings. The molecule has 1 amide bonds. The molecule has 1 aromatic carbocycles. The number of benzene rings is 1. The lowest BCUT2D eigenvalue weighted by atomic mass is 10.1. The van der Waals surface area contributed by atoms with Crippen LogP contribution in [0.5, 0.6) is 5.75 Å². The Bertz CT molecular complexity index is 1080. The molecule has 164 valence electrons. The number of morpholine rings is 1. The molecule has 31 heavy (non-hydrogen) atoms. The number of thiazole rings is 1. The highest BCUT2D eigenvalue weighted by Gasteiger charge is 2.29. The zero-order valence-electron chi connectivity index (χ0n) is 17.2. The summed E-state index contributed by atoms with van der Waals surface area (Å²) < 4.78 is 39.4. The number of nitrogens with zero attached hydrogens (tertiary/aromatic N) is 4. The number of amides is 1. The number of hydrogen-bond acceptors (Lipinski definition) is 6. The number of aromatic nitrogens is 3. The van der Waals surface area contributed by atoms with Crippen LogP contribution in [0.4, 0.5) is 8.78 Å². The standard InChI is InChI=1S/C21H22F2N4O3S/c1-13-20(31-12-24-13)21(28)27-6-8-30-19(11-27)18-9-14(26(2)25-18)5-7-29-15-3-4-16(22)17(23)10-15/h3-4,9-10,12,19H,5-8,11H2,1-2H3/t19-/m0/s1. The third-order valence-electron chi connectivity index (χ3n) is 5.14. The molecule has 3 aromatic rings. The van der Waals surface area contributed by atoms with Crippen molar-refractivity contribution in [2.45, 2.75) is 19.4 Å². The minimum Gasteiger partial charge on any atom is -0.493 e. The van der Waals surface area contributed by atoms with E-state index in [1.165, 1.54) is 17.4 Å². The van der Waals surface area contributed by atoms with E-state index in [1.54, 1.807) is 15.1 Å². The second kappa shape index (κ2) is 9.11. The Hall–Kier alpha value is -2.85. The normalized spacial score (nSPS) is 16.5. The van der Waals surface area contributed by atoms with E-state index in [0.717, 1.165) is 29.2 Å². The first-order chi connectivity index (χ1) is 14.9. The van der Waals surface area contributed by atoms with Gasteiger partial charge in [-0.15, -0.1) is 11.3 Å². The number of carbonyl (C=O) groups excluding carboxylic acids is 1. The van der Waals surface area contributed by atoms with E-state index < -0.39 is 11.6 Å². The van der Waals surface area contributed by atoms with Gasteiger partial charge in [0.1, 0.15) is 16.7 Å². The molecule has 0 spiro atoms. The fraction of sp³-hybridized carbons (Fsp3) is 0.381. The number of aryl methyl sites for hydroxylation is 2. The van der Waals surface area contributed by atoms with Crippen LogP contribution in [0.2, 0.25) is 0 Å². The van der Waals surface area contributed by atoms with Crippen molar-refractivity contribution >= 4 is 17.2 Å². The van der Waals surface area contributed by atoms with Gasteiger partial charge in [-0.2, -0.15) is 5.10 Å². The van der Waals surface area contributed by atoms with E-state index in [2.05, 4.69) is 10.1 Å². The molecule has 10 heteroatoms. The highest BCUT2D eigenvalue weighted by molar-refractivity contribution is 7.11. The minimum absolute atomic E-state index is 0.0376. The van der Waals surface area contributed by atoms with Crippen molar-refractivity contribution in [1.82, 2.24) is 19.7 Å². The topological polar surface area (TPSA) is 69.5 Å². The first kappa shape index (κ1) is 21.4. The molecular weight excluding hydrogens is 426 g/mol. The third-order valence-corrected chi connectivity index (χ3v) is 6.05. The van der Waals surface area contributed by atoms with Gasteiger partial charge in [0.05, 0.1) is 36.7 Å². The van der Waals surface area contributed by atoms with E-state index in [1.807, 2.05) is 20.0 Å². The summed E-state index contributed by atoms with van der Waals surface area (Å²) in [5, 5.41) is 4.54. The predicted molar refractivity (Wildman–Crippen MR) is 110 cm³/mol. The highest BCUT2D eigenvalue weighted by atomic mass is 32.1. The molecule has 1 aliphatic rings. The molecule has 0 radical (unpaired) electrons. The summed E-state index contributed by atoms with van der Waals surface area (Å²) in [5.41, 5.74) is 4.06. The zero-order valence-corrected chi connectivity index (χ0v) is 18.0. The second-order valence-electron chi connectivity index (χ2n) is 7.24. The van der Waals surface area contributed by atoms with Crippen LogP contribution in [-0.4, -0.2) is 51.9 Å². The van der Waals surface area contributed by atoms with Gasteiger partial charge in [0.25, 0.3) is 5.91 Å². The van der Waals surface area contributed by atoms with Crippen LogP contribution in [0.15, 0.2) is 29.8 Å². The average Bonchev–Trinajstić information content (AvgIpc) is 3.36. The van der Waals surface area contributed by atoms with Crippen molar-refractivity contribution in [3.05, 3.63) is 63.4 Å². The molecule has 0 bridgehead atoms. The Morgan fingerprint density at radius 1 is 1.32 bits per heavy atom. The van der Waals surface area contributed by atoms with Crippen molar-refractivity contribution in [2.75, 3.05) is 26.3 Å². The number of hydrogen-bond donors (Lipinski definition) is 0. The lowest BCUT2D eigenvalue weighted by Gasteiger charge is -2.32. The maximum Gasteiger partial charge on any atom is 0.266 e. The van der Waals surface area contributed by atoms with Crippen LogP contribution in [0.1, 0.15) is 32.9 Å². The number of halogens is 2. The van der Waals surface area contributed by atoms with Crippen molar-refractivity contribution < 1.29 is 23.0 Å². The van der Waals surface area contributed by atoms with E-state index in [0.29, 0.717) is 31.0 Å². The summed E-state index contributed by atoms with van der Waals surface area (Å²) in [6.45, 7) is 3.48. The summed E-state index contributed by atoms with van der Waals surface area (Å²) >= 11 is 1.34. The van der Waals surface area contributed by atoms with E-state index >= 15 is 0 Å². The Labute approximate surface area is 182 Å². The molecule has 1 aliphatic heterocycles. The van der Waals surface area contributed by atoms with Crippen LogP contribution in [0.3, 0.4) is 0 Å². The van der Waals surface area contributed by atoms with Gasteiger partial charge in [-0.05, 0) is 25.1 Å². The van der Waals surface area contributed by atoms with Crippen molar-refractivity contribution in [1.29, 1.82) is 0 Å². The van der Waals surface area contributed by atoms with E-state index in [9.17, 15) is 13.6 Å². The molecular formula is C21H22F2N4O3S. The highest BCUT2D eigenvalue weighted by Crippen LogP contribution is 2.25. The summed E-state index contributed by atoms with van der Waals surface area (Å²) in [6, 6.07) is 5.37. The number of ether oxygens (including phenoxy) is 2. The molecule has 0 unspecified atom stereocenters. The van der Waals surface area contributed by atoms with Crippen LogP contribution in [0, 0.1) is 18.6 Å². The molecule has 1 saturated heterocycles. The van der Waals surface area contributed by atoms with Gasteiger partial charge in [0.2, 0.25) is 0 Å². The summed E-state index contributed by atoms with van der Waals surface area (Å²) in [6.07, 6.45) is 0.204. The third kappa shape index (κ3) is 4.75. The lowest BCUT2D eigenvalue weighted by molar-refractivity contribution is -0.0248. The van der Waals surface area contributed by atoms with Gasteiger partial charge in [0.15, 0.2) is 11.6 Å². The fourth-order valence-electron chi connectivity index (χ4n) is 3.43. The molecule has 4 rings (SSSR count). The summed E-state index contributed by atoms with van der Waals surface area (Å²) in [5.74, 6) is -1.62. The van der Waals surface area contributed by atoms with E-state index in [-0.39, 0.29) is 24.4 Å². The monoisotopic (exact) mass is 448 g/mol. The maximum absolute atomic E-state index is 13.3. The van der Waals surface area contributed by atoms with Gasteiger partial charge in [0, 0.05) is 31.8 Å². The smallest absolute Gasteiger partial charge is 0.266 e.